The van der Waals surface area contributed by atoms with Crippen molar-refractivity contribution >= 4 is 28.9 Å². The molecule has 0 aliphatic rings. The van der Waals surface area contributed by atoms with Gasteiger partial charge in [0.15, 0.2) is 0 Å². The smallest absolute Gasteiger partial charge is 0.282 e. The third-order valence-electron chi connectivity index (χ3n) is 1.15. The van der Waals surface area contributed by atoms with E-state index in [0.717, 1.165) is 12.1 Å². The normalized spacial score (nSPS) is 9.77. The van der Waals surface area contributed by atoms with Gasteiger partial charge in [0.1, 0.15) is 11.6 Å². The molecule has 0 aliphatic carbocycles. The highest BCUT2D eigenvalue weighted by Crippen LogP contribution is 2.22. The first-order chi connectivity index (χ1) is 6.11. The second-order valence-corrected chi connectivity index (χ2v) is 3.19. The van der Waals surface area contributed by atoms with E-state index in [9.17, 15) is 13.6 Å². The van der Waals surface area contributed by atoms with E-state index >= 15 is 0 Å². The summed E-state index contributed by atoms with van der Waals surface area (Å²) in [5.41, 5.74) is 0. The molecule has 0 saturated heterocycles. The summed E-state index contributed by atoms with van der Waals surface area (Å²) < 4.78 is 27.7. The van der Waals surface area contributed by atoms with Crippen LogP contribution in [0.15, 0.2) is 23.1 Å². The largest absolute Gasteiger partial charge is 0.323 e. The van der Waals surface area contributed by atoms with E-state index in [4.69, 9.17) is 11.6 Å². The highest BCUT2D eigenvalue weighted by molar-refractivity contribution is 7.98. The number of amides is 1. The van der Waals surface area contributed by atoms with Crippen molar-refractivity contribution in [2.45, 2.75) is 4.90 Å². The molecule has 2 nitrogen and oxygen atoms in total. The summed E-state index contributed by atoms with van der Waals surface area (Å²) in [5.74, 6) is -1.48. The second kappa shape index (κ2) is 4.43. The number of nitrogens with one attached hydrogen (secondary N) is 1. The van der Waals surface area contributed by atoms with Crippen molar-refractivity contribution in [1.82, 2.24) is 4.72 Å². The van der Waals surface area contributed by atoms with Gasteiger partial charge in [-0.25, -0.2) is 8.78 Å². The zero-order valence-electron chi connectivity index (χ0n) is 6.18. The molecule has 1 aromatic carbocycles. The predicted molar refractivity (Wildman–Crippen MR) is 46.6 cm³/mol. The maximum Gasteiger partial charge on any atom is 0.323 e. The van der Waals surface area contributed by atoms with E-state index in [1.54, 1.807) is 0 Å². The quantitative estimate of drug-likeness (QED) is 0.475. The Balaban J connectivity index is 2.81. The van der Waals surface area contributed by atoms with Gasteiger partial charge in [-0.1, -0.05) is 6.07 Å². The third-order valence-corrected chi connectivity index (χ3v) is 2.24. The molecule has 0 atom stereocenters. The maximum absolute atomic E-state index is 12.8. The fourth-order valence-electron chi connectivity index (χ4n) is 0.671. The monoisotopic (exact) mass is 223 g/mol. The Hall–Kier alpha value is -0.810. The van der Waals surface area contributed by atoms with Crippen LogP contribution in [0.2, 0.25) is 0 Å². The predicted octanol–water partition coefficient (Wildman–Crippen LogP) is 2.92. The van der Waals surface area contributed by atoms with Gasteiger partial charge in [-0.2, -0.15) is 0 Å². The van der Waals surface area contributed by atoms with Gasteiger partial charge in [-0.15, -0.1) is 0 Å². The highest BCUT2D eigenvalue weighted by atomic mass is 35.5. The van der Waals surface area contributed by atoms with Crippen LogP contribution in [0.4, 0.5) is 13.6 Å². The number of rotatable bonds is 2. The Kier molecular flexibility index (Phi) is 3.50. The van der Waals surface area contributed by atoms with Crippen LogP contribution in [-0.2, 0) is 0 Å². The van der Waals surface area contributed by atoms with Gasteiger partial charge in [0.25, 0.3) is 0 Å². The topological polar surface area (TPSA) is 29.1 Å². The van der Waals surface area contributed by atoms with E-state index in [-0.39, 0.29) is 4.90 Å². The molecule has 0 saturated carbocycles. The van der Waals surface area contributed by atoms with Crippen molar-refractivity contribution in [3.05, 3.63) is 29.8 Å². The third kappa shape index (κ3) is 2.86. The number of hydrogen-bond donors (Lipinski definition) is 1. The zero-order chi connectivity index (χ0) is 9.84. The molecular formula is C7H4ClF2NOS. The van der Waals surface area contributed by atoms with E-state index in [2.05, 4.69) is 0 Å². The fraction of sp³-hybridized carbons (Fsp3) is 0. The Morgan fingerprint density at radius 1 is 1.38 bits per heavy atom. The Bertz CT molecular complexity index is 314. The van der Waals surface area contributed by atoms with Crippen LogP contribution in [0.5, 0.6) is 0 Å². The van der Waals surface area contributed by atoms with Crippen LogP contribution in [-0.4, -0.2) is 5.37 Å². The lowest BCUT2D eigenvalue weighted by Gasteiger charge is -2.02. The highest BCUT2D eigenvalue weighted by Gasteiger charge is 2.09. The van der Waals surface area contributed by atoms with Crippen LogP contribution in [0.1, 0.15) is 0 Å². The average molecular weight is 224 g/mol. The average Bonchev–Trinajstić information content (AvgIpc) is 2.03. The maximum atomic E-state index is 12.8. The van der Waals surface area contributed by atoms with Crippen molar-refractivity contribution < 1.29 is 13.6 Å². The second-order valence-electron chi connectivity index (χ2n) is 2.03. The van der Waals surface area contributed by atoms with Crippen LogP contribution in [0, 0.1) is 11.6 Å². The number of halogens is 3. The zero-order valence-corrected chi connectivity index (χ0v) is 7.75. The van der Waals surface area contributed by atoms with Crippen molar-refractivity contribution in [2.75, 3.05) is 0 Å². The van der Waals surface area contributed by atoms with Crippen LogP contribution < -0.4 is 4.72 Å². The molecule has 1 amide bonds. The lowest BCUT2D eigenvalue weighted by Crippen LogP contribution is -2.06. The Morgan fingerprint density at radius 3 is 2.38 bits per heavy atom. The van der Waals surface area contributed by atoms with Crippen LogP contribution >= 0.6 is 23.5 Å². The van der Waals surface area contributed by atoms with Gasteiger partial charge >= 0.3 is 5.37 Å². The Labute approximate surface area is 82.4 Å². The summed E-state index contributed by atoms with van der Waals surface area (Å²) in [6, 6.07) is 3.41. The number of hydrogen-bond acceptors (Lipinski definition) is 2. The van der Waals surface area contributed by atoms with Crippen molar-refractivity contribution in [2.24, 2.45) is 0 Å². The molecule has 1 N–H and O–H groups in total. The molecule has 0 bridgehead atoms. The van der Waals surface area contributed by atoms with Gasteiger partial charge in [-0.05, 0) is 35.7 Å². The van der Waals surface area contributed by atoms with Crippen LogP contribution in [0.25, 0.3) is 0 Å². The summed E-state index contributed by atoms with van der Waals surface area (Å²) >= 11 is 5.42. The molecule has 0 aromatic heterocycles. The standard InChI is InChI=1S/C7H4ClF2NOS/c8-7(12)11-13-6-4(9)2-1-3-5(6)10/h1-3H,(H,11,12). The van der Waals surface area contributed by atoms with Gasteiger partial charge < -0.3 is 0 Å². The number of carbonyl (C=O) groups excluding carboxylic acids is 1. The molecule has 0 spiro atoms. The van der Waals surface area contributed by atoms with Gasteiger partial charge in [-0.3, -0.25) is 9.52 Å². The first kappa shape index (κ1) is 10.3. The minimum Gasteiger partial charge on any atom is -0.282 e. The van der Waals surface area contributed by atoms with Crippen molar-refractivity contribution in [3.63, 3.8) is 0 Å². The first-order valence-corrected chi connectivity index (χ1v) is 4.37. The molecule has 0 heterocycles. The SMILES string of the molecule is O=C(Cl)NSc1c(F)cccc1F. The van der Waals surface area contributed by atoms with Crippen LogP contribution in [0.3, 0.4) is 0 Å². The molecule has 1 aromatic rings. The lowest BCUT2D eigenvalue weighted by molar-refractivity contribution is 0.264. The molecule has 70 valence electrons. The lowest BCUT2D eigenvalue weighted by atomic mass is 10.3. The summed E-state index contributed by atoms with van der Waals surface area (Å²) in [6.45, 7) is 0. The number of carbonyl (C=O) groups is 1. The molecule has 0 aliphatic heterocycles. The minimum absolute atomic E-state index is 0.281. The fourth-order valence-corrected chi connectivity index (χ4v) is 1.30. The molecule has 0 radical (unpaired) electrons. The molecule has 1 rings (SSSR count). The summed E-state index contributed by atoms with van der Waals surface area (Å²) in [5, 5.41) is -0.882. The van der Waals surface area contributed by atoms with E-state index in [1.807, 2.05) is 4.72 Å². The first-order valence-electron chi connectivity index (χ1n) is 3.17. The molecule has 6 heteroatoms. The van der Waals surface area contributed by atoms with E-state index < -0.39 is 17.0 Å². The molecular weight excluding hydrogens is 220 g/mol. The van der Waals surface area contributed by atoms with E-state index in [1.165, 1.54) is 6.07 Å². The molecule has 13 heavy (non-hydrogen) atoms. The van der Waals surface area contributed by atoms with Crippen molar-refractivity contribution in [3.8, 4) is 0 Å². The molecule has 0 fully saturated rings. The van der Waals surface area contributed by atoms with Gasteiger partial charge in [0, 0.05) is 0 Å². The summed E-state index contributed by atoms with van der Waals surface area (Å²) in [4.78, 5) is 9.95. The van der Waals surface area contributed by atoms with Crippen molar-refractivity contribution in [1.29, 1.82) is 0 Å². The number of benzene rings is 1. The molecule has 0 unspecified atom stereocenters. The van der Waals surface area contributed by atoms with Gasteiger partial charge in [0.2, 0.25) is 0 Å². The minimum atomic E-state index is -0.882. The Morgan fingerprint density at radius 2 is 1.92 bits per heavy atom. The van der Waals surface area contributed by atoms with E-state index in [0.29, 0.717) is 11.9 Å². The summed E-state index contributed by atoms with van der Waals surface area (Å²) in [6.07, 6.45) is 0. The van der Waals surface area contributed by atoms with Gasteiger partial charge in [0.05, 0.1) is 4.90 Å². The summed E-state index contributed by atoms with van der Waals surface area (Å²) in [7, 11) is 0.